The van der Waals surface area contributed by atoms with Crippen LogP contribution in [0.5, 0.6) is 0 Å². The van der Waals surface area contributed by atoms with Crippen LogP contribution in [0.4, 0.5) is 5.82 Å². The zero-order chi connectivity index (χ0) is 20.7. The molecular weight excluding hydrogens is 388 g/mol. The summed E-state index contributed by atoms with van der Waals surface area (Å²) >= 11 is 6.11. The molecule has 0 unspecified atom stereocenters. The van der Waals surface area contributed by atoms with Crippen LogP contribution in [0.25, 0.3) is 16.7 Å². The smallest absolute Gasteiger partial charge is 0.258 e. The van der Waals surface area contributed by atoms with Gasteiger partial charge >= 0.3 is 0 Å². The molecule has 0 atom stereocenters. The van der Waals surface area contributed by atoms with Crippen LogP contribution in [0.3, 0.4) is 0 Å². The number of nitrogens with one attached hydrogen (secondary N) is 1. The molecular formula is C21H21ClN6O. The average Bonchev–Trinajstić information content (AvgIpc) is 3.23. The predicted molar refractivity (Wildman–Crippen MR) is 114 cm³/mol. The molecule has 4 rings (SSSR count). The Bertz CT molecular complexity index is 1220. The van der Waals surface area contributed by atoms with Gasteiger partial charge in [-0.2, -0.15) is 10.2 Å². The van der Waals surface area contributed by atoms with E-state index in [0.717, 1.165) is 22.4 Å². The van der Waals surface area contributed by atoms with E-state index in [-0.39, 0.29) is 11.9 Å². The summed E-state index contributed by atoms with van der Waals surface area (Å²) in [4.78, 5) is 17.7. The lowest BCUT2D eigenvalue weighted by molar-refractivity contribution is 0.102. The van der Waals surface area contributed by atoms with Gasteiger partial charge in [0.2, 0.25) is 0 Å². The van der Waals surface area contributed by atoms with Crippen molar-refractivity contribution in [1.82, 2.24) is 24.5 Å². The van der Waals surface area contributed by atoms with Gasteiger partial charge in [-0.1, -0.05) is 17.7 Å². The Hall–Kier alpha value is -3.19. The van der Waals surface area contributed by atoms with Gasteiger partial charge in [-0.15, -0.1) is 0 Å². The molecule has 8 heteroatoms. The molecule has 0 aliphatic heterocycles. The fraction of sp³-hybridized carbons (Fsp3) is 0.238. The van der Waals surface area contributed by atoms with E-state index in [0.29, 0.717) is 22.1 Å². The average molecular weight is 409 g/mol. The fourth-order valence-corrected chi connectivity index (χ4v) is 3.43. The largest absolute Gasteiger partial charge is 0.306 e. The molecule has 3 aromatic heterocycles. The predicted octanol–water partition coefficient (Wildman–Crippen LogP) is 4.72. The molecule has 0 aliphatic rings. The molecule has 0 spiro atoms. The van der Waals surface area contributed by atoms with Gasteiger partial charge in [-0.05, 0) is 52.0 Å². The summed E-state index contributed by atoms with van der Waals surface area (Å²) in [6.07, 6.45) is 1.74. The molecule has 29 heavy (non-hydrogen) atoms. The van der Waals surface area contributed by atoms with Crippen LogP contribution in [0.15, 0.2) is 42.6 Å². The molecule has 1 N–H and O–H groups in total. The maximum absolute atomic E-state index is 13.0. The Labute approximate surface area is 173 Å². The van der Waals surface area contributed by atoms with Crippen LogP contribution >= 0.6 is 11.6 Å². The van der Waals surface area contributed by atoms with Crippen molar-refractivity contribution in [2.75, 3.05) is 5.32 Å². The molecule has 148 valence electrons. The summed E-state index contributed by atoms with van der Waals surface area (Å²) in [7, 11) is 0. The molecule has 0 aliphatic carbocycles. The van der Waals surface area contributed by atoms with Gasteiger partial charge in [-0.25, -0.2) is 14.3 Å². The number of fused-ring (bicyclic) bond motifs is 1. The van der Waals surface area contributed by atoms with Crippen LogP contribution in [0.1, 0.15) is 41.6 Å². The molecule has 4 aromatic rings. The van der Waals surface area contributed by atoms with Crippen molar-refractivity contribution in [3.8, 4) is 5.69 Å². The Morgan fingerprint density at radius 2 is 1.97 bits per heavy atom. The first kappa shape index (κ1) is 19.1. The van der Waals surface area contributed by atoms with Gasteiger partial charge in [-0.3, -0.25) is 4.79 Å². The highest BCUT2D eigenvalue weighted by molar-refractivity contribution is 6.30. The van der Waals surface area contributed by atoms with Crippen molar-refractivity contribution < 1.29 is 4.79 Å². The summed E-state index contributed by atoms with van der Waals surface area (Å²) < 4.78 is 3.51. The van der Waals surface area contributed by atoms with Crippen LogP contribution < -0.4 is 5.32 Å². The number of hydrogen-bond donors (Lipinski definition) is 1. The molecule has 0 radical (unpaired) electrons. The first-order valence-corrected chi connectivity index (χ1v) is 9.70. The van der Waals surface area contributed by atoms with Gasteiger partial charge in [0.1, 0.15) is 5.82 Å². The van der Waals surface area contributed by atoms with Crippen LogP contribution in [0.2, 0.25) is 5.02 Å². The van der Waals surface area contributed by atoms with Crippen LogP contribution in [-0.4, -0.2) is 30.5 Å². The monoisotopic (exact) mass is 408 g/mol. The highest BCUT2D eigenvalue weighted by atomic mass is 35.5. The number of aromatic nitrogens is 5. The number of halogens is 1. The molecule has 1 aromatic carbocycles. The second kappa shape index (κ2) is 7.33. The van der Waals surface area contributed by atoms with Crippen LogP contribution in [-0.2, 0) is 0 Å². The molecule has 0 fully saturated rings. The van der Waals surface area contributed by atoms with Crippen molar-refractivity contribution in [2.24, 2.45) is 0 Å². The highest BCUT2D eigenvalue weighted by Gasteiger charge is 2.18. The third kappa shape index (κ3) is 3.61. The lowest BCUT2D eigenvalue weighted by Crippen LogP contribution is -2.17. The van der Waals surface area contributed by atoms with E-state index in [1.807, 2.05) is 56.6 Å². The first-order valence-electron chi connectivity index (χ1n) is 9.32. The minimum absolute atomic E-state index is 0.189. The molecule has 0 bridgehead atoms. The Kier molecular flexibility index (Phi) is 4.84. The standard InChI is InChI=1S/C21H21ClN6O/c1-12(2)27-20-15(11-23-27)9-18(14(4)24-20)21(29)25-19-8-13(3)26-28(19)17-7-5-6-16(22)10-17/h5-12H,1-4H3,(H,25,29). The lowest BCUT2D eigenvalue weighted by atomic mass is 10.1. The lowest BCUT2D eigenvalue weighted by Gasteiger charge is -2.11. The maximum atomic E-state index is 13.0. The molecule has 7 nitrogen and oxygen atoms in total. The molecule has 0 saturated carbocycles. The van der Waals surface area contributed by atoms with Crippen molar-refractivity contribution in [3.63, 3.8) is 0 Å². The second-order valence-electron chi connectivity index (χ2n) is 7.23. The SMILES string of the molecule is Cc1cc(NC(=O)c2cc3cnn(C(C)C)c3nc2C)n(-c2cccc(Cl)c2)n1. The van der Waals surface area contributed by atoms with Gasteiger partial charge in [0.05, 0.1) is 28.8 Å². The topological polar surface area (TPSA) is 77.6 Å². The zero-order valence-electron chi connectivity index (χ0n) is 16.6. The van der Waals surface area contributed by atoms with E-state index < -0.39 is 0 Å². The number of amides is 1. The molecule has 0 saturated heterocycles. The molecule has 1 amide bonds. The first-order chi connectivity index (χ1) is 13.8. The van der Waals surface area contributed by atoms with E-state index in [4.69, 9.17) is 11.6 Å². The van der Waals surface area contributed by atoms with Crippen LogP contribution in [0, 0.1) is 13.8 Å². The number of carbonyl (C=O) groups excluding carboxylic acids is 1. The number of pyridine rings is 1. The number of aryl methyl sites for hydroxylation is 2. The Morgan fingerprint density at radius 3 is 2.69 bits per heavy atom. The number of carbonyl (C=O) groups is 1. The Balaban J connectivity index is 1.70. The summed E-state index contributed by atoms with van der Waals surface area (Å²) in [5.41, 5.74) is 3.46. The van der Waals surface area contributed by atoms with E-state index in [1.54, 1.807) is 23.0 Å². The second-order valence-corrected chi connectivity index (χ2v) is 7.67. The van der Waals surface area contributed by atoms with Crippen molar-refractivity contribution >= 4 is 34.4 Å². The third-order valence-electron chi connectivity index (χ3n) is 4.62. The van der Waals surface area contributed by atoms with Gasteiger partial charge in [0.25, 0.3) is 5.91 Å². The number of hydrogen-bond acceptors (Lipinski definition) is 4. The number of nitrogens with zero attached hydrogens (tertiary/aromatic N) is 5. The summed E-state index contributed by atoms with van der Waals surface area (Å²) in [5, 5.41) is 13.2. The summed E-state index contributed by atoms with van der Waals surface area (Å²) in [5.74, 6) is 0.310. The molecule has 3 heterocycles. The van der Waals surface area contributed by atoms with E-state index in [1.165, 1.54) is 0 Å². The quantitative estimate of drug-likeness (QED) is 0.530. The Morgan fingerprint density at radius 1 is 1.17 bits per heavy atom. The minimum atomic E-state index is -0.252. The van der Waals surface area contributed by atoms with Crippen molar-refractivity contribution in [1.29, 1.82) is 0 Å². The van der Waals surface area contributed by atoms with Crippen molar-refractivity contribution in [2.45, 2.75) is 33.7 Å². The fourth-order valence-electron chi connectivity index (χ4n) is 3.25. The van der Waals surface area contributed by atoms with Gasteiger partial charge in [0.15, 0.2) is 5.65 Å². The highest BCUT2D eigenvalue weighted by Crippen LogP contribution is 2.23. The van der Waals surface area contributed by atoms with E-state index >= 15 is 0 Å². The van der Waals surface area contributed by atoms with Gasteiger partial charge in [0, 0.05) is 22.5 Å². The number of rotatable bonds is 4. The number of anilines is 1. The zero-order valence-corrected chi connectivity index (χ0v) is 17.4. The van der Waals surface area contributed by atoms with Gasteiger partial charge < -0.3 is 5.32 Å². The minimum Gasteiger partial charge on any atom is -0.306 e. The maximum Gasteiger partial charge on any atom is 0.258 e. The summed E-state index contributed by atoms with van der Waals surface area (Å²) in [6, 6.07) is 11.1. The van der Waals surface area contributed by atoms with E-state index in [2.05, 4.69) is 20.5 Å². The summed E-state index contributed by atoms with van der Waals surface area (Å²) in [6.45, 7) is 7.79. The third-order valence-corrected chi connectivity index (χ3v) is 4.85. The van der Waals surface area contributed by atoms with E-state index in [9.17, 15) is 4.79 Å². The van der Waals surface area contributed by atoms with Crippen molar-refractivity contribution in [3.05, 3.63) is 64.6 Å². The number of benzene rings is 1. The normalized spacial score (nSPS) is 11.4.